The number of Topliss-reactive ketones (excluding diaryl/α,β-unsaturated/α-hetero) is 1. The molecule has 0 bridgehead atoms. The highest BCUT2D eigenvalue weighted by Crippen LogP contribution is 2.45. The van der Waals surface area contributed by atoms with E-state index in [0.717, 1.165) is 15.8 Å². The van der Waals surface area contributed by atoms with E-state index in [2.05, 4.69) is 4.98 Å². The summed E-state index contributed by atoms with van der Waals surface area (Å²) in [6.07, 6.45) is 0. The van der Waals surface area contributed by atoms with E-state index >= 15 is 0 Å². The number of fused-ring (bicyclic) bond motifs is 1. The molecule has 5 rings (SSSR count). The number of hydrogen-bond acceptors (Lipinski definition) is 7. The van der Waals surface area contributed by atoms with Gasteiger partial charge in [0.25, 0.3) is 5.91 Å². The lowest BCUT2D eigenvalue weighted by molar-refractivity contribution is -0.117. The molecule has 1 aliphatic heterocycles. The van der Waals surface area contributed by atoms with Crippen molar-refractivity contribution in [2.45, 2.75) is 13.0 Å². The zero-order valence-corrected chi connectivity index (χ0v) is 18.9. The third-order valence-corrected chi connectivity index (χ3v) is 7.23. The first-order chi connectivity index (χ1) is 15.5. The largest absolute Gasteiger partial charge is 0.503 e. The Morgan fingerprint density at radius 1 is 1.16 bits per heavy atom. The molecule has 4 aromatic rings. The normalized spacial score (nSPS) is 16.2. The molecular weight excluding hydrogens is 444 g/mol. The van der Waals surface area contributed by atoms with Gasteiger partial charge in [-0.05, 0) is 53.8 Å². The molecule has 1 aliphatic rings. The van der Waals surface area contributed by atoms with Crippen LogP contribution in [0.2, 0.25) is 0 Å². The number of thiophene rings is 1. The molecule has 3 heterocycles. The fourth-order valence-electron chi connectivity index (χ4n) is 3.82. The van der Waals surface area contributed by atoms with Crippen molar-refractivity contribution in [1.82, 2.24) is 4.98 Å². The second kappa shape index (κ2) is 7.89. The van der Waals surface area contributed by atoms with Crippen molar-refractivity contribution in [2.24, 2.45) is 0 Å². The maximum atomic E-state index is 13.4. The van der Waals surface area contributed by atoms with Crippen LogP contribution >= 0.6 is 22.7 Å². The Kier molecular flexibility index (Phi) is 5.03. The number of thiazole rings is 1. The lowest BCUT2D eigenvalue weighted by atomic mass is 9.95. The quantitative estimate of drug-likeness (QED) is 0.399. The van der Waals surface area contributed by atoms with Crippen LogP contribution in [0, 0.1) is 6.92 Å². The van der Waals surface area contributed by atoms with Gasteiger partial charge in [-0.1, -0.05) is 35.6 Å². The standard InChI is InChI=1S/C24H18N2O4S2/c1-13-8-9-16-18(11-13)32-24(25-16)26-20(14-5-3-6-15(12-14)30-2)19(22(28)23(26)29)21(27)17-7-4-10-31-17/h3-12,20,28H,1-2H3. The van der Waals surface area contributed by atoms with Gasteiger partial charge >= 0.3 is 0 Å². The summed E-state index contributed by atoms with van der Waals surface area (Å²) in [6, 6.07) is 15.6. The number of nitrogens with zero attached hydrogens (tertiary/aromatic N) is 2. The second-order valence-electron chi connectivity index (χ2n) is 7.39. The number of ether oxygens (including phenoxy) is 1. The Balaban J connectivity index is 1.69. The number of carbonyl (C=O) groups excluding carboxylic acids is 2. The number of hydrogen-bond donors (Lipinski definition) is 1. The van der Waals surface area contributed by atoms with Crippen molar-refractivity contribution in [3.63, 3.8) is 0 Å². The van der Waals surface area contributed by atoms with E-state index in [4.69, 9.17) is 4.74 Å². The van der Waals surface area contributed by atoms with E-state index in [0.29, 0.717) is 21.3 Å². The molecule has 0 radical (unpaired) electrons. The minimum absolute atomic E-state index is 0.0427. The highest BCUT2D eigenvalue weighted by atomic mass is 32.1. The Morgan fingerprint density at radius 3 is 2.75 bits per heavy atom. The number of aliphatic hydroxyl groups excluding tert-OH is 1. The number of ketones is 1. The summed E-state index contributed by atoms with van der Waals surface area (Å²) in [7, 11) is 1.55. The number of methoxy groups -OCH3 is 1. The van der Waals surface area contributed by atoms with Crippen LogP contribution in [-0.2, 0) is 4.79 Å². The summed E-state index contributed by atoms with van der Waals surface area (Å²) in [4.78, 5) is 33.1. The van der Waals surface area contributed by atoms with Gasteiger partial charge in [-0.3, -0.25) is 14.5 Å². The summed E-state index contributed by atoms with van der Waals surface area (Å²) in [6.45, 7) is 1.99. The topological polar surface area (TPSA) is 79.7 Å². The predicted molar refractivity (Wildman–Crippen MR) is 126 cm³/mol. The van der Waals surface area contributed by atoms with Crippen molar-refractivity contribution in [1.29, 1.82) is 0 Å². The van der Waals surface area contributed by atoms with E-state index < -0.39 is 17.7 Å². The van der Waals surface area contributed by atoms with E-state index in [-0.39, 0.29) is 11.4 Å². The predicted octanol–water partition coefficient (Wildman–Crippen LogP) is 5.46. The number of anilines is 1. The minimum atomic E-state index is -0.825. The number of benzene rings is 2. The summed E-state index contributed by atoms with van der Waals surface area (Å²) in [5.41, 5.74) is 2.53. The number of aromatic nitrogens is 1. The van der Waals surface area contributed by atoms with Crippen molar-refractivity contribution in [2.75, 3.05) is 12.0 Å². The Hall–Kier alpha value is -3.49. The first-order valence-corrected chi connectivity index (χ1v) is 11.5. The van der Waals surface area contributed by atoms with E-state index in [1.54, 1.807) is 42.8 Å². The molecule has 1 unspecified atom stereocenters. The van der Waals surface area contributed by atoms with Gasteiger partial charge in [0.05, 0.1) is 33.8 Å². The fourth-order valence-corrected chi connectivity index (χ4v) is 5.59. The van der Waals surface area contributed by atoms with Crippen LogP contribution in [0.5, 0.6) is 5.75 Å². The first kappa shape index (κ1) is 20.4. The average Bonchev–Trinajstić information content (AvgIpc) is 3.52. The van der Waals surface area contributed by atoms with Crippen LogP contribution in [0.25, 0.3) is 10.2 Å². The molecule has 0 fully saturated rings. The smallest absolute Gasteiger partial charge is 0.296 e. The molecule has 2 aromatic carbocycles. The van der Waals surface area contributed by atoms with E-state index in [9.17, 15) is 14.7 Å². The highest BCUT2D eigenvalue weighted by molar-refractivity contribution is 7.22. The lowest BCUT2D eigenvalue weighted by Crippen LogP contribution is -2.30. The molecule has 0 saturated heterocycles. The molecule has 32 heavy (non-hydrogen) atoms. The molecule has 1 N–H and O–H groups in total. The van der Waals surface area contributed by atoms with E-state index in [1.165, 1.54) is 27.6 Å². The average molecular weight is 463 g/mol. The maximum Gasteiger partial charge on any atom is 0.296 e. The first-order valence-electron chi connectivity index (χ1n) is 9.84. The van der Waals surface area contributed by atoms with Gasteiger partial charge in [0.2, 0.25) is 5.78 Å². The summed E-state index contributed by atoms with van der Waals surface area (Å²) in [5.74, 6) is -0.984. The van der Waals surface area contributed by atoms with Crippen LogP contribution in [0.4, 0.5) is 5.13 Å². The minimum Gasteiger partial charge on any atom is -0.503 e. The van der Waals surface area contributed by atoms with Crippen LogP contribution < -0.4 is 9.64 Å². The number of rotatable bonds is 5. The number of amides is 1. The molecule has 1 amide bonds. The van der Waals surface area contributed by atoms with Crippen molar-refractivity contribution >= 4 is 49.7 Å². The van der Waals surface area contributed by atoms with Crippen LogP contribution in [0.1, 0.15) is 26.8 Å². The van der Waals surface area contributed by atoms with Gasteiger partial charge < -0.3 is 9.84 Å². The van der Waals surface area contributed by atoms with Gasteiger partial charge in [0.15, 0.2) is 10.9 Å². The highest BCUT2D eigenvalue weighted by Gasteiger charge is 2.46. The molecule has 1 atom stereocenters. The van der Waals surface area contributed by atoms with Crippen LogP contribution in [0.3, 0.4) is 0 Å². The second-order valence-corrected chi connectivity index (χ2v) is 9.35. The van der Waals surface area contributed by atoms with Crippen LogP contribution in [0.15, 0.2) is 71.3 Å². The van der Waals surface area contributed by atoms with Crippen LogP contribution in [-0.4, -0.2) is 28.9 Å². The number of aliphatic hydroxyl groups is 1. The molecule has 6 nitrogen and oxygen atoms in total. The third kappa shape index (κ3) is 3.28. The lowest BCUT2D eigenvalue weighted by Gasteiger charge is -2.24. The molecule has 0 aliphatic carbocycles. The van der Waals surface area contributed by atoms with Gasteiger partial charge in [-0.2, -0.15) is 0 Å². The van der Waals surface area contributed by atoms with Crippen molar-refractivity contribution in [3.05, 3.63) is 87.3 Å². The number of carbonyl (C=O) groups is 2. The number of aryl methyl sites for hydroxylation is 1. The summed E-state index contributed by atoms with van der Waals surface area (Å²) >= 11 is 2.62. The molecular formula is C24H18N2O4S2. The molecule has 0 saturated carbocycles. The molecule has 0 spiro atoms. The summed E-state index contributed by atoms with van der Waals surface area (Å²) < 4.78 is 6.29. The zero-order chi connectivity index (χ0) is 22.4. The van der Waals surface area contributed by atoms with Gasteiger partial charge in [0, 0.05) is 0 Å². The summed E-state index contributed by atoms with van der Waals surface area (Å²) in [5, 5.41) is 13.1. The van der Waals surface area contributed by atoms with Gasteiger partial charge in [-0.15, -0.1) is 11.3 Å². The van der Waals surface area contributed by atoms with Gasteiger partial charge in [-0.25, -0.2) is 4.98 Å². The molecule has 160 valence electrons. The zero-order valence-electron chi connectivity index (χ0n) is 17.2. The molecule has 2 aromatic heterocycles. The van der Waals surface area contributed by atoms with E-state index in [1.807, 2.05) is 31.2 Å². The van der Waals surface area contributed by atoms with Crippen molar-refractivity contribution < 1.29 is 19.4 Å². The Labute approximate surface area is 192 Å². The fraction of sp³-hybridized carbons (Fsp3) is 0.125. The monoisotopic (exact) mass is 462 g/mol. The SMILES string of the molecule is COc1cccc(C2C(C(=O)c3cccs3)=C(O)C(=O)N2c2nc3ccc(C)cc3s2)c1. The maximum absolute atomic E-state index is 13.4. The van der Waals surface area contributed by atoms with Gasteiger partial charge in [0.1, 0.15) is 5.75 Å². The Morgan fingerprint density at radius 2 is 2.00 bits per heavy atom. The molecule has 8 heteroatoms. The Bertz CT molecular complexity index is 1390. The van der Waals surface area contributed by atoms with Crippen molar-refractivity contribution in [3.8, 4) is 5.75 Å². The third-order valence-electron chi connectivity index (χ3n) is 5.35.